The predicted molar refractivity (Wildman–Crippen MR) is 116 cm³/mol. The summed E-state index contributed by atoms with van der Waals surface area (Å²) in [6.45, 7) is 4.29. The molecule has 156 valence electrons. The van der Waals surface area contributed by atoms with Crippen LogP contribution in [-0.4, -0.2) is 33.8 Å². The number of hydrogen-bond acceptors (Lipinski definition) is 2. The molecule has 0 radical (unpaired) electrons. The quantitative estimate of drug-likeness (QED) is 0.761. The molecule has 1 aliphatic heterocycles. The Bertz CT molecular complexity index is 835. The number of fused-ring (bicyclic) bond motifs is 1. The highest BCUT2D eigenvalue weighted by Crippen LogP contribution is 2.34. The molecule has 0 spiro atoms. The monoisotopic (exact) mass is 394 g/mol. The highest BCUT2D eigenvalue weighted by Gasteiger charge is 2.30. The first-order valence-corrected chi connectivity index (χ1v) is 11.2. The van der Waals surface area contributed by atoms with Gasteiger partial charge in [-0.15, -0.1) is 0 Å². The van der Waals surface area contributed by atoms with E-state index in [4.69, 9.17) is 0 Å². The zero-order chi connectivity index (χ0) is 20.2. The van der Waals surface area contributed by atoms with E-state index in [2.05, 4.69) is 41.6 Å². The van der Waals surface area contributed by atoms with Crippen LogP contribution in [-0.2, 0) is 13.6 Å². The third-order valence-corrected chi connectivity index (χ3v) is 6.93. The topological polar surface area (TPSA) is 50.2 Å². The number of carbonyl (C=O) groups is 1. The first-order valence-electron chi connectivity index (χ1n) is 11.2. The van der Waals surface area contributed by atoms with Crippen LogP contribution < -0.4 is 5.32 Å². The minimum absolute atomic E-state index is 0.0691. The predicted octanol–water partition coefficient (Wildman–Crippen LogP) is 4.75. The van der Waals surface area contributed by atoms with E-state index in [1.165, 1.54) is 60.9 Å². The number of nitrogens with zero attached hydrogens (tertiary/aromatic N) is 3. The molecule has 1 saturated carbocycles. The Morgan fingerprint density at radius 2 is 1.90 bits per heavy atom. The van der Waals surface area contributed by atoms with Crippen molar-refractivity contribution in [2.24, 2.45) is 13.0 Å². The zero-order valence-corrected chi connectivity index (χ0v) is 17.9. The van der Waals surface area contributed by atoms with E-state index in [0.717, 1.165) is 18.9 Å². The molecule has 1 aromatic heterocycles. The number of carbonyl (C=O) groups excluding carboxylic acids is 1. The molecule has 1 aromatic carbocycles. The maximum absolute atomic E-state index is 13.0. The zero-order valence-electron chi connectivity index (χ0n) is 17.9. The van der Waals surface area contributed by atoms with Gasteiger partial charge in [0.25, 0.3) is 0 Å². The Hall–Kier alpha value is -2.30. The molecule has 5 nitrogen and oxygen atoms in total. The van der Waals surface area contributed by atoms with E-state index < -0.39 is 0 Å². The van der Waals surface area contributed by atoms with E-state index in [1.807, 2.05) is 22.8 Å². The van der Waals surface area contributed by atoms with Crippen molar-refractivity contribution >= 4 is 6.03 Å². The average molecular weight is 395 g/mol. The highest BCUT2D eigenvalue weighted by molar-refractivity contribution is 5.75. The summed E-state index contributed by atoms with van der Waals surface area (Å²) in [6, 6.07) is 8.59. The van der Waals surface area contributed by atoms with Gasteiger partial charge in [0.1, 0.15) is 0 Å². The van der Waals surface area contributed by atoms with Crippen LogP contribution in [0.2, 0.25) is 0 Å². The summed E-state index contributed by atoms with van der Waals surface area (Å²) in [5.74, 6) is 0.965. The highest BCUT2D eigenvalue weighted by atomic mass is 16.2. The fraction of sp³-hybridized carbons (Fsp3) is 0.583. The molecule has 29 heavy (non-hydrogen) atoms. The van der Waals surface area contributed by atoms with E-state index >= 15 is 0 Å². The fourth-order valence-electron chi connectivity index (χ4n) is 5.03. The summed E-state index contributed by atoms with van der Waals surface area (Å²) in [4.78, 5) is 15.0. The molecule has 5 heteroatoms. The van der Waals surface area contributed by atoms with Crippen molar-refractivity contribution in [2.75, 3.05) is 13.1 Å². The van der Waals surface area contributed by atoms with Gasteiger partial charge in [-0.2, -0.15) is 5.10 Å². The molecule has 2 aromatic rings. The standard InChI is InChI=1S/C24H34N4O/c1-18-22(15-26-27(18)2)23-17-28(16-20-11-7-8-12-21(20)23)24(29)25-14-13-19-9-5-3-4-6-10-19/h7-8,11-12,15,19,23H,3-6,9-10,13-14,16-17H2,1-2H3,(H,25,29). The molecular weight excluding hydrogens is 360 g/mol. The molecule has 0 bridgehead atoms. The van der Waals surface area contributed by atoms with Crippen molar-refractivity contribution < 1.29 is 4.79 Å². The molecule has 1 atom stereocenters. The van der Waals surface area contributed by atoms with Gasteiger partial charge in [0.2, 0.25) is 0 Å². The van der Waals surface area contributed by atoms with Crippen LogP contribution >= 0.6 is 0 Å². The number of aromatic nitrogens is 2. The number of nitrogens with one attached hydrogen (secondary N) is 1. The van der Waals surface area contributed by atoms with Crippen LogP contribution in [0.25, 0.3) is 0 Å². The lowest BCUT2D eigenvalue weighted by Gasteiger charge is -2.35. The van der Waals surface area contributed by atoms with Gasteiger partial charge in [-0.1, -0.05) is 62.8 Å². The van der Waals surface area contributed by atoms with Gasteiger partial charge in [-0.05, 0) is 30.4 Å². The first kappa shape index (κ1) is 20.0. The lowest BCUT2D eigenvalue weighted by Crippen LogP contribution is -2.44. The summed E-state index contributed by atoms with van der Waals surface area (Å²) < 4.78 is 1.92. The first-order chi connectivity index (χ1) is 14.1. The van der Waals surface area contributed by atoms with Gasteiger partial charge in [-0.25, -0.2) is 4.79 Å². The number of hydrogen-bond donors (Lipinski definition) is 1. The molecular formula is C24H34N4O. The number of benzene rings is 1. The van der Waals surface area contributed by atoms with Gasteiger partial charge >= 0.3 is 6.03 Å². The third kappa shape index (κ3) is 4.49. The number of aryl methyl sites for hydroxylation is 1. The largest absolute Gasteiger partial charge is 0.338 e. The lowest BCUT2D eigenvalue weighted by molar-refractivity contribution is 0.188. The third-order valence-electron chi connectivity index (χ3n) is 6.93. The van der Waals surface area contributed by atoms with Crippen molar-refractivity contribution in [1.82, 2.24) is 20.0 Å². The van der Waals surface area contributed by atoms with Gasteiger partial charge in [0, 0.05) is 43.9 Å². The summed E-state index contributed by atoms with van der Waals surface area (Å²) in [5, 5.41) is 7.65. The van der Waals surface area contributed by atoms with Crippen molar-refractivity contribution in [2.45, 2.75) is 64.3 Å². The summed E-state index contributed by atoms with van der Waals surface area (Å²) in [7, 11) is 1.98. The molecule has 1 aliphatic carbocycles. The van der Waals surface area contributed by atoms with Gasteiger partial charge in [-0.3, -0.25) is 4.68 Å². The van der Waals surface area contributed by atoms with E-state index in [-0.39, 0.29) is 11.9 Å². The second-order valence-electron chi connectivity index (χ2n) is 8.82. The molecule has 1 fully saturated rings. The normalized spacial score (nSPS) is 20.2. The molecule has 1 N–H and O–H groups in total. The Kier molecular flexibility index (Phi) is 6.22. The molecule has 0 saturated heterocycles. The van der Waals surface area contributed by atoms with Crippen molar-refractivity contribution in [3.63, 3.8) is 0 Å². The Balaban J connectivity index is 1.43. The molecule has 1 unspecified atom stereocenters. The average Bonchev–Trinajstić information content (AvgIpc) is 2.93. The van der Waals surface area contributed by atoms with Gasteiger partial charge in [0.15, 0.2) is 0 Å². The van der Waals surface area contributed by atoms with Crippen LogP contribution in [0.3, 0.4) is 0 Å². The molecule has 2 amide bonds. The van der Waals surface area contributed by atoms with Crippen LogP contribution in [0, 0.1) is 12.8 Å². The maximum Gasteiger partial charge on any atom is 0.317 e. The van der Waals surface area contributed by atoms with E-state index in [0.29, 0.717) is 13.1 Å². The SMILES string of the molecule is Cc1c(C2CN(C(=O)NCCC3CCCCCC3)Cc3ccccc32)cnn1C. The Morgan fingerprint density at radius 3 is 2.62 bits per heavy atom. The number of urea groups is 1. The smallest absolute Gasteiger partial charge is 0.317 e. The molecule has 4 rings (SSSR count). The van der Waals surface area contributed by atoms with E-state index in [1.54, 1.807) is 0 Å². The van der Waals surface area contributed by atoms with Crippen LogP contribution in [0.5, 0.6) is 0 Å². The second-order valence-corrected chi connectivity index (χ2v) is 8.82. The summed E-state index contributed by atoms with van der Waals surface area (Å²) >= 11 is 0. The van der Waals surface area contributed by atoms with Crippen molar-refractivity contribution in [3.05, 3.63) is 52.8 Å². The Morgan fingerprint density at radius 1 is 1.14 bits per heavy atom. The maximum atomic E-state index is 13.0. The lowest BCUT2D eigenvalue weighted by atomic mass is 9.85. The summed E-state index contributed by atoms with van der Waals surface area (Å²) in [5.41, 5.74) is 4.95. The fourth-order valence-corrected chi connectivity index (χ4v) is 5.03. The van der Waals surface area contributed by atoms with E-state index in [9.17, 15) is 4.79 Å². The van der Waals surface area contributed by atoms with Crippen LogP contribution in [0.1, 0.15) is 73.2 Å². The minimum atomic E-state index is 0.0691. The van der Waals surface area contributed by atoms with Crippen molar-refractivity contribution in [3.8, 4) is 0 Å². The van der Waals surface area contributed by atoms with Crippen LogP contribution in [0.4, 0.5) is 4.79 Å². The minimum Gasteiger partial charge on any atom is -0.338 e. The summed E-state index contributed by atoms with van der Waals surface area (Å²) in [6.07, 6.45) is 11.2. The molecule has 2 aliphatic rings. The number of amides is 2. The van der Waals surface area contributed by atoms with Crippen LogP contribution in [0.15, 0.2) is 30.5 Å². The van der Waals surface area contributed by atoms with Gasteiger partial charge in [0.05, 0.1) is 6.20 Å². The van der Waals surface area contributed by atoms with Gasteiger partial charge < -0.3 is 10.2 Å². The van der Waals surface area contributed by atoms with Crippen molar-refractivity contribution in [1.29, 1.82) is 0 Å². The Labute approximate surface area is 174 Å². The second kappa shape index (κ2) is 9.02. The number of rotatable bonds is 4. The molecule has 2 heterocycles.